The van der Waals surface area contributed by atoms with Crippen LogP contribution in [0, 0.1) is 11.3 Å². The van der Waals surface area contributed by atoms with E-state index in [0.717, 1.165) is 18.8 Å². The van der Waals surface area contributed by atoms with Crippen molar-refractivity contribution >= 4 is 28.4 Å². The average molecular weight is 412 g/mol. The van der Waals surface area contributed by atoms with Crippen molar-refractivity contribution in [1.82, 2.24) is 4.98 Å². The number of nitrogens with one attached hydrogen (secondary N) is 1. The number of hydrogen-bond donors (Lipinski definition) is 1. The van der Waals surface area contributed by atoms with Crippen LogP contribution in [0.3, 0.4) is 0 Å². The number of nitrogens with zero attached hydrogens (tertiary/aromatic N) is 3. The summed E-state index contributed by atoms with van der Waals surface area (Å²) in [5, 5.41) is 11.5. The van der Waals surface area contributed by atoms with Crippen molar-refractivity contribution in [2.75, 3.05) is 23.3 Å². The van der Waals surface area contributed by atoms with Gasteiger partial charge in [-0.3, -0.25) is 9.59 Å². The van der Waals surface area contributed by atoms with Gasteiger partial charge in [-0.1, -0.05) is 0 Å². The van der Waals surface area contributed by atoms with Crippen LogP contribution in [0.25, 0.3) is 22.6 Å². The Labute approximate surface area is 178 Å². The molecule has 0 radical (unpaired) electrons. The standard InChI is InChI=1S/C24H20N4O3/c1-3-28(4-2)17-9-10-19-22(11-17)31-23-13-21(29)18(12-20(23)27-19)24(30)26-16-7-5-15(14-25)6-8-16/h5-13H,3-4H2,1-2H3,(H,26,30). The minimum Gasteiger partial charge on any atom is -0.453 e. The lowest BCUT2D eigenvalue weighted by Gasteiger charge is -2.21. The van der Waals surface area contributed by atoms with Gasteiger partial charge in [-0.25, -0.2) is 4.98 Å². The number of nitriles is 1. The van der Waals surface area contributed by atoms with E-state index in [1.165, 1.54) is 12.1 Å². The predicted molar refractivity (Wildman–Crippen MR) is 120 cm³/mol. The molecule has 4 rings (SSSR count). The first-order valence-electron chi connectivity index (χ1n) is 9.97. The molecule has 1 N–H and O–H groups in total. The number of rotatable bonds is 5. The molecule has 1 aliphatic carbocycles. The van der Waals surface area contributed by atoms with Crippen LogP contribution in [0.1, 0.15) is 29.8 Å². The Morgan fingerprint density at radius 1 is 1.10 bits per heavy atom. The molecule has 1 amide bonds. The van der Waals surface area contributed by atoms with Gasteiger partial charge >= 0.3 is 0 Å². The van der Waals surface area contributed by atoms with Crippen molar-refractivity contribution in [2.24, 2.45) is 0 Å². The highest BCUT2D eigenvalue weighted by atomic mass is 16.3. The largest absolute Gasteiger partial charge is 0.453 e. The molecule has 0 saturated carbocycles. The number of carbonyl (C=O) groups excluding carboxylic acids is 1. The van der Waals surface area contributed by atoms with Crippen LogP contribution in [0.15, 0.2) is 63.8 Å². The Morgan fingerprint density at radius 3 is 2.52 bits per heavy atom. The molecular formula is C24H20N4O3. The summed E-state index contributed by atoms with van der Waals surface area (Å²) in [6.07, 6.45) is 0. The fraction of sp³-hybridized carbons (Fsp3) is 0.167. The van der Waals surface area contributed by atoms with E-state index in [0.29, 0.717) is 33.8 Å². The third-order valence-electron chi connectivity index (χ3n) is 5.11. The second kappa shape index (κ2) is 8.28. The van der Waals surface area contributed by atoms with E-state index in [9.17, 15) is 9.59 Å². The molecule has 0 bridgehead atoms. The van der Waals surface area contributed by atoms with Gasteiger partial charge < -0.3 is 14.6 Å². The number of carbonyl (C=O) groups is 1. The Bertz CT molecular complexity index is 1330. The van der Waals surface area contributed by atoms with Crippen LogP contribution in [-0.4, -0.2) is 24.0 Å². The molecule has 1 heterocycles. The number of fused-ring (bicyclic) bond motifs is 2. The zero-order valence-electron chi connectivity index (χ0n) is 17.2. The Hall–Kier alpha value is -4.18. The van der Waals surface area contributed by atoms with Gasteiger partial charge in [-0.15, -0.1) is 0 Å². The summed E-state index contributed by atoms with van der Waals surface area (Å²) in [5.41, 5.74) is 3.14. The number of benzene rings is 3. The number of anilines is 2. The van der Waals surface area contributed by atoms with Crippen molar-refractivity contribution in [3.8, 4) is 17.5 Å². The fourth-order valence-electron chi connectivity index (χ4n) is 3.43. The summed E-state index contributed by atoms with van der Waals surface area (Å²) in [4.78, 5) is 32.0. The monoisotopic (exact) mass is 412 g/mol. The molecule has 1 aliphatic heterocycles. The molecule has 2 aromatic carbocycles. The van der Waals surface area contributed by atoms with Gasteiger partial charge in [-0.05, 0) is 56.3 Å². The summed E-state index contributed by atoms with van der Waals surface area (Å²) < 4.78 is 5.93. The normalized spacial score (nSPS) is 10.7. The molecule has 31 heavy (non-hydrogen) atoms. The van der Waals surface area contributed by atoms with E-state index in [1.54, 1.807) is 24.3 Å². The van der Waals surface area contributed by atoms with Gasteiger partial charge in [0.2, 0.25) is 0 Å². The van der Waals surface area contributed by atoms with Crippen LogP contribution in [-0.2, 0) is 0 Å². The van der Waals surface area contributed by atoms with E-state index in [2.05, 4.69) is 29.0 Å². The van der Waals surface area contributed by atoms with Crippen LogP contribution in [0.5, 0.6) is 0 Å². The lowest BCUT2D eigenvalue weighted by Crippen LogP contribution is -2.22. The number of aromatic nitrogens is 1. The smallest absolute Gasteiger partial charge is 0.259 e. The van der Waals surface area contributed by atoms with Gasteiger partial charge in [0.05, 0.1) is 17.2 Å². The van der Waals surface area contributed by atoms with Gasteiger partial charge in [0.15, 0.2) is 16.8 Å². The second-order valence-electron chi connectivity index (χ2n) is 7.00. The Balaban J connectivity index is 1.70. The fourth-order valence-corrected chi connectivity index (χ4v) is 3.43. The second-order valence-corrected chi connectivity index (χ2v) is 7.00. The molecule has 2 aliphatic rings. The van der Waals surface area contributed by atoms with E-state index in [-0.39, 0.29) is 5.56 Å². The topological polar surface area (TPSA) is 99.2 Å². The maximum absolute atomic E-state index is 12.6. The van der Waals surface area contributed by atoms with Crippen molar-refractivity contribution in [2.45, 2.75) is 13.8 Å². The van der Waals surface area contributed by atoms with E-state index in [1.807, 2.05) is 24.3 Å². The predicted octanol–water partition coefficient (Wildman–Crippen LogP) is 4.26. The first-order chi connectivity index (χ1) is 15.0. The average Bonchev–Trinajstić information content (AvgIpc) is 2.78. The highest BCUT2D eigenvalue weighted by molar-refractivity contribution is 6.05. The zero-order valence-corrected chi connectivity index (χ0v) is 17.2. The highest BCUT2D eigenvalue weighted by Gasteiger charge is 2.18. The number of amides is 1. The first kappa shape index (κ1) is 20.1. The summed E-state index contributed by atoms with van der Waals surface area (Å²) in [6.45, 7) is 5.90. The van der Waals surface area contributed by atoms with Crippen molar-refractivity contribution in [1.29, 1.82) is 5.26 Å². The summed E-state index contributed by atoms with van der Waals surface area (Å²) in [7, 11) is 0. The van der Waals surface area contributed by atoms with E-state index >= 15 is 0 Å². The van der Waals surface area contributed by atoms with Crippen molar-refractivity contribution in [3.63, 3.8) is 0 Å². The summed E-state index contributed by atoms with van der Waals surface area (Å²) >= 11 is 0. The molecule has 7 heteroatoms. The molecule has 0 unspecified atom stereocenters. The maximum Gasteiger partial charge on any atom is 0.259 e. The maximum atomic E-state index is 12.6. The van der Waals surface area contributed by atoms with Crippen molar-refractivity contribution < 1.29 is 9.21 Å². The zero-order chi connectivity index (χ0) is 22.0. The minimum atomic E-state index is -0.546. The molecule has 0 atom stereocenters. The summed E-state index contributed by atoms with van der Waals surface area (Å²) in [6, 6.07) is 16.9. The lowest BCUT2D eigenvalue weighted by atomic mass is 10.1. The SMILES string of the molecule is CCN(CC)c1ccc2nc3cc(C(=O)Nc4ccc(C#N)cc4)c(=O)cc-3oc2c1. The third-order valence-corrected chi connectivity index (χ3v) is 5.11. The van der Waals surface area contributed by atoms with E-state index < -0.39 is 11.3 Å². The molecule has 2 aromatic rings. The highest BCUT2D eigenvalue weighted by Crippen LogP contribution is 2.28. The van der Waals surface area contributed by atoms with Gasteiger partial charge in [0.25, 0.3) is 5.91 Å². The Kier molecular flexibility index (Phi) is 5.37. The van der Waals surface area contributed by atoms with Gasteiger partial charge in [0, 0.05) is 36.6 Å². The molecule has 7 nitrogen and oxygen atoms in total. The van der Waals surface area contributed by atoms with Crippen LogP contribution < -0.4 is 15.6 Å². The van der Waals surface area contributed by atoms with Gasteiger partial charge in [0.1, 0.15) is 11.2 Å². The Morgan fingerprint density at radius 2 is 1.84 bits per heavy atom. The molecule has 0 spiro atoms. The van der Waals surface area contributed by atoms with Crippen LogP contribution >= 0.6 is 0 Å². The lowest BCUT2D eigenvalue weighted by molar-refractivity contribution is 0.102. The van der Waals surface area contributed by atoms with E-state index in [4.69, 9.17) is 9.68 Å². The first-order valence-corrected chi connectivity index (χ1v) is 9.97. The molecular weight excluding hydrogens is 392 g/mol. The van der Waals surface area contributed by atoms with Crippen molar-refractivity contribution in [3.05, 3.63) is 75.9 Å². The van der Waals surface area contributed by atoms with Crippen LogP contribution in [0.2, 0.25) is 0 Å². The molecule has 0 aromatic heterocycles. The molecule has 154 valence electrons. The third kappa shape index (κ3) is 3.96. The quantitative estimate of drug-likeness (QED) is 0.492. The summed E-state index contributed by atoms with van der Waals surface area (Å²) in [5.74, 6) is -0.223. The molecule has 0 fully saturated rings. The van der Waals surface area contributed by atoms with Gasteiger partial charge in [-0.2, -0.15) is 5.26 Å². The minimum absolute atomic E-state index is 0.0290. The molecule has 0 saturated heterocycles. The van der Waals surface area contributed by atoms with Crippen LogP contribution in [0.4, 0.5) is 11.4 Å². The number of hydrogen-bond acceptors (Lipinski definition) is 6.